The summed E-state index contributed by atoms with van der Waals surface area (Å²) in [7, 11) is 0. The number of rotatable bonds is 4. The number of oxazole rings is 1. The van der Waals surface area contributed by atoms with E-state index in [0.29, 0.717) is 11.5 Å². The van der Waals surface area contributed by atoms with Crippen LogP contribution in [-0.4, -0.2) is 52.2 Å². The van der Waals surface area contributed by atoms with Crippen LogP contribution in [0.2, 0.25) is 0 Å². The smallest absolute Gasteiger partial charge is 0.298 e. The number of hydrogen-bond acceptors (Lipinski definition) is 5. The Balaban J connectivity index is 1.20. The fourth-order valence-corrected chi connectivity index (χ4v) is 3.62. The molecule has 0 radical (unpaired) electrons. The monoisotopic (exact) mass is 365 g/mol. The van der Waals surface area contributed by atoms with Crippen LogP contribution in [0.25, 0.3) is 22.1 Å². The number of piperazine rings is 1. The molecule has 1 fully saturated rings. The van der Waals surface area contributed by atoms with Gasteiger partial charge >= 0.3 is 0 Å². The van der Waals surface area contributed by atoms with Crippen LogP contribution in [0.5, 0.6) is 0 Å². The summed E-state index contributed by atoms with van der Waals surface area (Å²) in [4.78, 5) is 13.5. The molecule has 7 heteroatoms. The fourth-order valence-electron chi connectivity index (χ4n) is 3.62. The van der Waals surface area contributed by atoms with Crippen molar-refractivity contribution >= 4 is 28.1 Å². The van der Waals surface area contributed by atoms with Gasteiger partial charge in [0.1, 0.15) is 11.3 Å². The number of aromatic nitrogens is 3. The Labute approximate surface area is 155 Å². The van der Waals surface area contributed by atoms with Gasteiger partial charge in [0, 0.05) is 45.3 Å². The quantitative estimate of drug-likeness (QED) is 0.556. The molecule has 1 saturated heterocycles. The van der Waals surface area contributed by atoms with Gasteiger partial charge in [0.2, 0.25) is 0 Å². The standard InChI is InChI=1S/C20H20FN5O/c21-15-5-6-18-17(13-15)22-14-26(18)12-9-24-7-10-25(11-8-24)20-23-16-3-1-2-4-19(16)27-20/h1-6,13-14H,7-12H2. The zero-order valence-corrected chi connectivity index (χ0v) is 14.9. The van der Waals surface area contributed by atoms with E-state index in [1.807, 2.05) is 24.3 Å². The maximum Gasteiger partial charge on any atom is 0.298 e. The molecule has 0 aliphatic carbocycles. The van der Waals surface area contributed by atoms with Crippen molar-refractivity contribution in [1.29, 1.82) is 0 Å². The Bertz CT molecular complexity index is 1050. The lowest BCUT2D eigenvalue weighted by molar-refractivity contribution is 0.245. The molecule has 1 aliphatic rings. The normalized spacial score (nSPS) is 15.8. The van der Waals surface area contributed by atoms with E-state index in [4.69, 9.17) is 4.42 Å². The van der Waals surface area contributed by atoms with Crippen LogP contribution >= 0.6 is 0 Å². The molecule has 1 aliphatic heterocycles. The average Bonchev–Trinajstić information content (AvgIpc) is 3.30. The van der Waals surface area contributed by atoms with Crippen LogP contribution in [0.4, 0.5) is 10.4 Å². The van der Waals surface area contributed by atoms with Gasteiger partial charge in [0.05, 0.1) is 17.4 Å². The largest absolute Gasteiger partial charge is 0.423 e. The van der Waals surface area contributed by atoms with Crippen molar-refractivity contribution in [3.63, 3.8) is 0 Å². The predicted molar refractivity (Wildman–Crippen MR) is 102 cm³/mol. The summed E-state index contributed by atoms with van der Waals surface area (Å²) in [6.45, 7) is 5.47. The van der Waals surface area contributed by atoms with Crippen molar-refractivity contribution in [3.8, 4) is 0 Å². The molecule has 4 aromatic rings. The summed E-state index contributed by atoms with van der Waals surface area (Å²) in [5.74, 6) is -0.247. The Hall–Kier alpha value is -2.93. The summed E-state index contributed by atoms with van der Waals surface area (Å²) in [6, 6.07) is 13.3. The molecule has 3 heterocycles. The lowest BCUT2D eigenvalue weighted by atomic mass is 10.3. The van der Waals surface area contributed by atoms with Crippen molar-refractivity contribution in [2.24, 2.45) is 0 Å². The molecule has 27 heavy (non-hydrogen) atoms. The maximum absolute atomic E-state index is 13.3. The van der Waals surface area contributed by atoms with Gasteiger partial charge in [0.15, 0.2) is 5.58 Å². The second-order valence-electron chi connectivity index (χ2n) is 6.86. The molecule has 0 atom stereocenters. The number of fused-ring (bicyclic) bond motifs is 2. The van der Waals surface area contributed by atoms with Crippen molar-refractivity contribution in [2.75, 3.05) is 37.6 Å². The molecule has 138 valence electrons. The molecule has 0 N–H and O–H groups in total. The van der Waals surface area contributed by atoms with Crippen LogP contribution in [-0.2, 0) is 6.54 Å². The SMILES string of the molecule is Fc1ccc2c(c1)ncn2CCN1CCN(c2nc3ccccc3o2)CC1. The van der Waals surface area contributed by atoms with Gasteiger partial charge in [-0.15, -0.1) is 0 Å². The van der Waals surface area contributed by atoms with Crippen LogP contribution in [0, 0.1) is 5.82 Å². The summed E-state index contributed by atoms with van der Waals surface area (Å²) >= 11 is 0. The Morgan fingerprint density at radius 1 is 0.963 bits per heavy atom. The van der Waals surface area contributed by atoms with Crippen molar-refractivity contribution < 1.29 is 8.81 Å². The van der Waals surface area contributed by atoms with Gasteiger partial charge < -0.3 is 13.9 Å². The molecule has 2 aromatic carbocycles. The molecule has 0 bridgehead atoms. The maximum atomic E-state index is 13.3. The van der Waals surface area contributed by atoms with Gasteiger partial charge in [-0.25, -0.2) is 9.37 Å². The van der Waals surface area contributed by atoms with Gasteiger partial charge in [0.25, 0.3) is 6.01 Å². The van der Waals surface area contributed by atoms with E-state index in [-0.39, 0.29) is 5.82 Å². The van der Waals surface area contributed by atoms with Crippen LogP contribution in [0.1, 0.15) is 0 Å². The van der Waals surface area contributed by atoms with Gasteiger partial charge in [-0.2, -0.15) is 4.98 Å². The zero-order valence-electron chi connectivity index (χ0n) is 14.9. The highest BCUT2D eigenvalue weighted by Gasteiger charge is 2.21. The third-order valence-electron chi connectivity index (χ3n) is 5.17. The minimum Gasteiger partial charge on any atom is -0.423 e. The molecule has 5 rings (SSSR count). The van der Waals surface area contributed by atoms with E-state index in [1.54, 1.807) is 12.4 Å². The topological polar surface area (TPSA) is 50.3 Å². The zero-order chi connectivity index (χ0) is 18.2. The highest BCUT2D eigenvalue weighted by atomic mass is 19.1. The summed E-state index contributed by atoms with van der Waals surface area (Å²) < 4.78 is 21.3. The number of hydrogen-bond donors (Lipinski definition) is 0. The molecule has 0 saturated carbocycles. The van der Waals surface area contributed by atoms with Crippen molar-refractivity contribution in [3.05, 3.63) is 54.6 Å². The third-order valence-corrected chi connectivity index (χ3v) is 5.17. The van der Waals surface area contributed by atoms with Crippen LogP contribution in [0.3, 0.4) is 0 Å². The van der Waals surface area contributed by atoms with Crippen molar-refractivity contribution in [2.45, 2.75) is 6.54 Å². The molecular weight excluding hydrogens is 345 g/mol. The first-order valence-electron chi connectivity index (χ1n) is 9.19. The Morgan fingerprint density at radius 2 is 1.81 bits per heavy atom. The highest BCUT2D eigenvalue weighted by Crippen LogP contribution is 2.22. The summed E-state index contributed by atoms with van der Waals surface area (Å²) in [6.07, 6.45) is 1.79. The first kappa shape index (κ1) is 16.3. The van der Waals surface area contributed by atoms with Crippen LogP contribution in [0.15, 0.2) is 53.2 Å². The van der Waals surface area contributed by atoms with E-state index in [9.17, 15) is 4.39 Å². The molecule has 2 aromatic heterocycles. The lowest BCUT2D eigenvalue weighted by Gasteiger charge is -2.33. The molecular formula is C20H20FN5O. The summed E-state index contributed by atoms with van der Waals surface area (Å²) in [5, 5.41) is 0. The van der Waals surface area contributed by atoms with E-state index in [0.717, 1.165) is 55.9 Å². The second kappa shape index (κ2) is 6.66. The number of para-hydroxylation sites is 2. The van der Waals surface area contributed by atoms with E-state index in [1.165, 1.54) is 12.1 Å². The fraction of sp³-hybridized carbons (Fsp3) is 0.300. The minimum absolute atomic E-state index is 0.247. The lowest BCUT2D eigenvalue weighted by Crippen LogP contribution is -2.47. The van der Waals surface area contributed by atoms with Crippen molar-refractivity contribution in [1.82, 2.24) is 19.4 Å². The number of nitrogens with zero attached hydrogens (tertiary/aromatic N) is 5. The van der Waals surface area contributed by atoms with E-state index >= 15 is 0 Å². The van der Waals surface area contributed by atoms with Crippen LogP contribution < -0.4 is 4.90 Å². The molecule has 0 spiro atoms. The summed E-state index contributed by atoms with van der Waals surface area (Å²) in [5.41, 5.74) is 3.41. The highest BCUT2D eigenvalue weighted by molar-refractivity contribution is 5.75. The molecule has 0 unspecified atom stereocenters. The second-order valence-corrected chi connectivity index (χ2v) is 6.86. The Morgan fingerprint density at radius 3 is 2.67 bits per heavy atom. The average molecular weight is 365 g/mol. The number of halogens is 1. The first-order chi connectivity index (χ1) is 13.3. The molecule has 6 nitrogen and oxygen atoms in total. The van der Waals surface area contributed by atoms with E-state index < -0.39 is 0 Å². The first-order valence-corrected chi connectivity index (χ1v) is 9.19. The van der Waals surface area contributed by atoms with E-state index in [2.05, 4.69) is 24.3 Å². The van der Waals surface area contributed by atoms with Gasteiger partial charge in [-0.1, -0.05) is 12.1 Å². The van der Waals surface area contributed by atoms with Gasteiger partial charge in [-0.05, 0) is 24.3 Å². The van der Waals surface area contributed by atoms with Gasteiger partial charge in [-0.3, -0.25) is 4.90 Å². The number of anilines is 1. The third kappa shape index (κ3) is 3.14. The molecule has 0 amide bonds. The number of imidazole rings is 1. The Kier molecular flexibility index (Phi) is 4.01. The minimum atomic E-state index is -0.247. The predicted octanol–water partition coefficient (Wildman–Crippen LogP) is 3.14. The number of benzene rings is 2.